The Hall–Kier alpha value is -1.15. The molecule has 0 spiro atoms. The highest BCUT2D eigenvalue weighted by Gasteiger charge is 2.09. The third-order valence-electron chi connectivity index (χ3n) is 2.69. The highest BCUT2D eigenvalue weighted by Crippen LogP contribution is 2.14. The molecule has 0 heterocycles. The van der Waals surface area contributed by atoms with Gasteiger partial charge in [-0.25, -0.2) is 0 Å². The summed E-state index contributed by atoms with van der Waals surface area (Å²) in [6.45, 7) is 4.86. The third kappa shape index (κ3) is 3.17. The van der Waals surface area contributed by atoms with Crippen molar-refractivity contribution in [1.82, 2.24) is 4.90 Å². The van der Waals surface area contributed by atoms with Gasteiger partial charge < -0.3 is 4.90 Å². The zero-order chi connectivity index (χ0) is 11.4. The zero-order valence-corrected chi connectivity index (χ0v) is 10.0. The zero-order valence-electron chi connectivity index (χ0n) is 10.0. The molecule has 0 aliphatic rings. The lowest BCUT2D eigenvalue weighted by atomic mass is 9.99. The molecule has 0 aliphatic heterocycles. The fourth-order valence-electron chi connectivity index (χ4n) is 1.51. The van der Waals surface area contributed by atoms with Crippen molar-refractivity contribution in [2.45, 2.75) is 20.3 Å². The van der Waals surface area contributed by atoms with Crippen LogP contribution in [0.4, 0.5) is 0 Å². The number of aryl methyl sites for hydroxylation is 1. The maximum absolute atomic E-state index is 11.9. The summed E-state index contributed by atoms with van der Waals surface area (Å²) in [5.41, 5.74) is 3.17. The minimum Gasteiger partial charge on any atom is -0.309 e. The molecule has 82 valence electrons. The van der Waals surface area contributed by atoms with Gasteiger partial charge in [0, 0.05) is 18.5 Å². The Morgan fingerprint density at radius 2 is 1.93 bits per heavy atom. The molecule has 0 bridgehead atoms. The number of hydrogen-bond donors (Lipinski definition) is 0. The van der Waals surface area contributed by atoms with Gasteiger partial charge in [0.1, 0.15) is 0 Å². The third-order valence-corrected chi connectivity index (χ3v) is 2.69. The molecular weight excluding hydrogens is 186 g/mol. The molecular formula is C13H19NO. The number of Topliss-reactive ketones (excluding diaryl/α,β-unsaturated/α-hetero) is 1. The molecule has 1 rings (SSSR count). The van der Waals surface area contributed by atoms with Crippen LogP contribution in [0, 0.1) is 13.8 Å². The molecule has 0 saturated carbocycles. The lowest BCUT2D eigenvalue weighted by Gasteiger charge is -2.10. The molecule has 0 unspecified atom stereocenters. The SMILES string of the molecule is Cc1cccc(C(=O)CCN(C)C)c1C. The van der Waals surface area contributed by atoms with E-state index < -0.39 is 0 Å². The summed E-state index contributed by atoms with van der Waals surface area (Å²) in [6, 6.07) is 5.91. The van der Waals surface area contributed by atoms with Crippen LogP contribution in [0.3, 0.4) is 0 Å². The molecule has 0 atom stereocenters. The fraction of sp³-hybridized carbons (Fsp3) is 0.462. The summed E-state index contributed by atoms with van der Waals surface area (Å²) in [4.78, 5) is 13.9. The molecule has 0 saturated heterocycles. The number of nitrogens with zero attached hydrogens (tertiary/aromatic N) is 1. The van der Waals surface area contributed by atoms with Crippen LogP contribution in [-0.4, -0.2) is 31.3 Å². The average Bonchev–Trinajstić information content (AvgIpc) is 2.18. The van der Waals surface area contributed by atoms with Gasteiger partial charge in [0.2, 0.25) is 0 Å². The lowest BCUT2D eigenvalue weighted by molar-refractivity contribution is 0.0972. The average molecular weight is 205 g/mol. The molecule has 0 fully saturated rings. The Morgan fingerprint density at radius 3 is 2.53 bits per heavy atom. The normalized spacial score (nSPS) is 10.7. The highest BCUT2D eigenvalue weighted by molar-refractivity contribution is 5.97. The summed E-state index contributed by atoms with van der Waals surface area (Å²) in [6.07, 6.45) is 0.595. The van der Waals surface area contributed by atoms with Crippen LogP contribution < -0.4 is 0 Å². The van der Waals surface area contributed by atoms with Crippen molar-refractivity contribution < 1.29 is 4.79 Å². The van der Waals surface area contributed by atoms with E-state index in [9.17, 15) is 4.79 Å². The van der Waals surface area contributed by atoms with Crippen LogP contribution in [0.15, 0.2) is 18.2 Å². The van der Waals surface area contributed by atoms with Crippen LogP contribution in [0.5, 0.6) is 0 Å². The Labute approximate surface area is 91.9 Å². The standard InChI is InChI=1S/C13H19NO/c1-10-6-5-7-12(11(10)2)13(15)8-9-14(3)4/h5-7H,8-9H2,1-4H3. The van der Waals surface area contributed by atoms with Gasteiger partial charge in [-0.2, -0.15) is 0 Å². The van der Waals surface area contributed by atoms with Crippen LogP contribution in [0.25, 0.3) is 0 Å². The topological polar surface area (TPSA) is 20.3 Å². The van der Waals surface area contributed by atoms with E-state index in [0.717, 1.165) is 17.7 Å². The Morgan fingerprint density at radius 1 is 1.27 bits per heavy atom. The number of carbonyl (C=O) groups is 1. The lowest BCUT2D eigenvalue weighted by Crippen LogP contribution is -2.17. The van der Waals surface area contributed by atoms with Crippen LogP contribution in [0.1, 0.15) is 27.9 Å². The summed E-state index contributed by atoms with van der Waals surface area (Å²) in [7, 11) is 3.97. The summed E-state index contributed by atoms with van der Waals surface area (Å²) in [5.74, 6) is 0.241. The largest absolute Gasteiger partial charge is 0.309 e. The molecule has 1 aromatic carbocycles. The maximum atomic E-state index is 11.9. The molecule has 0 amide bonds. The van der Waals surface area contributed by atoms with Crippen molar-refractivity contribution in [2.75, 3.05) is 20.6 Å². The minimum atomic E-state index is 0.241. The van der Waals surface area contributed by atoms with Gasteiger partial charge in [0.25, 0.3) is 0 Å². The van der Waals surface area contributed by atoms with E-state index in [2.05, 4.69) is 0 Å². The first-order valence-corrected chi connectivity index (χ1v) is 5.26. The number of hydrogen-bond acceptors (Lipinski definition) is 2. The predicted octanol–water partition coefficient (Wildman–Crippen LogP) is 2.44. The molecule has 0 N–H and O–H groups in total. The second kappa shape index (κ2) is 5.08. The Bertz CT molecular complexity index is 356. The van der Waals surface area contributed by atoms with Gasteiger partial charge in [-0.1, -0.05) is 18.2 Å². The van der Waals surface area contributed by atoms with Crippen LogP contribution >= 0.6 is 0 Å². The second-order valence-corrected chi connectivity index (χ2v) is 4.22. The van der Waals surface area contributed by atoms with E-state index in [1.165, 1.54) is 5.56 Å². The van der Waals surface area contributed by atoms with Crippen molar-refractivity contribution in [2.24, 2.45) is 0 Å². The van der Waals surface area contributed by atoms with E-state index in [4.69, 9.17) is 0 Å². The van der Waals surface area contributed by atoms with Crippen molar-refractivity contribution in [3.05, 3.63) is 34.9 Å². The van der Waals surface area contributed by atoms with E-state index in [1.54, 1.807) is 0 Å². The number of rotatable bonds is 4. The summed E-state index contributed by atoms with van der Waals surface area (Å²) in [5, 5.41) is 0. The highest BCUT2D eigenvalue weighted by atomic mass is 16.1. The minimum absolute atomic E-state index is 0.241. The van der Waals surface area contributed by atoms with Gasteiger partial charge in [-0.3, -0.25) is 4.79 Å². The van der Waals surface area contributed by atoms with E-state index in [0.29, 0.717) is 6.42 Å². The van der Waals surface area contributed by atoms with Gasteiger partial charge in [0.05, 0.1) is 0 Å². The van der Waals surface area contributed by atoms with Gasteiger partial charge in [0.15, 0.2) is 5.78 Å². The number of ketones is 1. The van der Waals surface area contributed by atoms with Crippen molar-refractivity contribution >= 4 is 5.78 Å². The second-order valence-electron chi connectivity index (χ2n) is 4.22. The van der Waals surface area contributed by atoms with Crippen molar-refractivity contribution in [3.63, 3.8) is 0 Å². The van der Waals surface area contributed by atoms with Crippen molar-refractivity contribution in [3.8, 4) is 0 Å². The summed E-state index contributed by atoms with van der Waals surface area (Å²) < 4.78 is 0. The first-order chi connectivity index (χ1) is 7.02. The Balaban J connectivity index is 2.78. The van der Waals surface area contributed by atoms with Gasteiger partial charge in [-0.05, 0) is 39.1 Å². The quantitative estimate of drug-likeness (QED) is 0.704. The first-order valence-electron chi connectivity index (χ1n) is 5.26. The number of benzene rings is 1. The van der Waals surface area contributed by atoms with Gasteiger partial charge >= 0.3 is 0 Å². The van der Waals surface area contributed by atoms with Gasteiger partial charge in [-0.15, -0.1) is 0 Å². The smallest absolute Gasteiger partial charge is 0.164 e. The first kappa shape index (κ1) is 11.9. The molecule has 2 nitrogen and oxygen atoms in total. The van der Waals surface area contributed by atoms with E-state index in [-0.39, 0.29) is 5.78 Å². The van der Waals surface area contributed by atoms with Crippen LogP contribution in [-0.2, 0) is 0 Å². The van der Waals surface area contributed by atoms with Crippen LogP contribution in [0.2, 0.25) is 0 Å². The number of carbonyl (C=O) groups excluding carboxylic acids is 1. The molecule has 0 aromatic heterocycles. The van der Waals surface area contributed by atoms with Crippen molar-refractivity contribution in [1.29, 1.82) is 0 Å². The molecule has 2 heteroatoms. The summed E-state index contributed by atoms with van der Waals surface area (Å²) >= 11 is 0. The van der Waals surface area contributed by atoms with E-state index >= 15 is 0 Å². The maximum Gasteiger partial charge on any atom is 0.164 e. The monoisotopic (exact) mass is 205 g/mol. The predicted molar refractivity (Wildman–Crippen MR) is 63.4 cm³/mol. The fourth-order valence-corrected chi connectivity index (χ4v) is 1.51. The molecule has 1 aromatic rings. The van der Waals surface area contributed by atoms with E-state index in [1.807, 2.05) is 51.0 Å². The molecule has 15 heavy (non-hydrogen) atoms. The Kier molecular flexibility index (Phi) is 4.04. The molecule has 0 radical (unpaired) electrons. The molecule has 0 aliphatic carbocycles.